The van der Waals surface area contributed by atoms with Crippen LogP contribution in [0, 0.1) is 0 Å². The van der Waals surface area contributed by atoms with Gasteiger partial charge in [-0.25, -0.2) is 0 Å². The summed E-state index contributed by atoms with van der Waals surface area (Å²) < 4.78 is 16.8. The van der Waals surface area contributed by atoms with Crippen LogP contribution in [0.1, 0.15) is 207 Å². The maximum absolute atomic E-state index is 12.9. The van der Waals surface area contributed by atoms with Crippen LogP contribution in [0.2, 0.25) is 0 Å². The van der Waals surface area contributed by atoms with E-state index < -0.39 is 6.10 Å². The van der Waals surface area contributed by atoms with Gasteiger partial charge in [-0.05, 0) is 128 Å². The van der Waals surface area contributed by atoms with E-state index in [0.29, 0.717) is 19.3 Å². The van der Waals surface area contributed by atoms with Gasteiger partial charge in [0.25, 0.3) is 0 Å². The van der Waals surface area contributed by atoms with Crippen molar-refractivity contribution in [3.8, 4) is 0 Å². The van der Waals surface area contributed by atoms with Gasteiger partial charge in [-0.3, -0.25) is 14.4 Å². The predicted octanol–water partition coefficient (Wildman–Crippen LogP) is 19.7. The van der Waals surface area contributed by atoms with Crippen LogP contribution in [-0.4, -0.2) is 37.2 Å². The Balaban J connectivity index is 4.62. The quantitative estimate of drug-likeness (QED) is 0.0199. The number of allylic oxidation sites excluding steroid dienone is 30. The predicted molar refractivity (Wildman–Crippen MR) is 320 cm³/mol. The highest BCUT2D eigenvalue weighted by molar-refractivity contribution is 5.71. The Labute approximate surface area is 453 Å². The SMILES string of the molecule is CC/C=C\C/C=C\C/C=C\C/C=C\C/C=C\CCCCCC(=O)OCC(COC(=O)CCCCCCC\C=C/C=C\C=C/C=C\C=C/CCC)OC(=O)CCCCC/C=C\C/C=C\C/C=C\C/C=C\C/C=C\CC. The number of carbonyl (C=O) groups is 3. The summed E-state index contributed by atoms with van der Waals surface area (Å²) in [6.07, 6.45) is 90.1. The average molecular weight is 1020 g/mol. The van der Waals surface area contributed by atoms with Gasteiger partial charge in [-0.1, -0.05) is 242 Å². The van der Waals surface area contributed by atoms with E-state index in [0.717, 1.165) is 154 Å². The Bertz CT molecular complexity index is 1780. The molecule has 0 aromatic heterocycles. The maximum atomic E-state index is 12.9. The third-order valence-electron chi connectivity index (χ3n) is 11.2. The molecule has 0 aromatic carbocycles. The zero-order valence-corrected chi connectivity index (χ0v) is 46.8. The van der Waals surface area contributed by atoms with Gasteiger partial charge in [0.2, 0.25) is 0 Å². The molecule has 0 fully saturated rings. The normalized spacial score (nSPS) is 13.5. The molecule has 0 radical (unpaired) electrons. The lowest BCUT2D eigenvalue weighted by molar-refractivity contribution is -0.167. The lowest BCUT2D eigenvalue weighted by Crippen LogP contribution is -2.30. The number of hydrogen-bond acceptors (Lipinski definition) is 6. The maximum Gasteiger partial charge on any atom is 0.306 e. The molecule has 74 heavy (non-hydrogen) atoms. The second-order valence-corrected chi connectivity index (χ2v) is 18.2. The van der Waals surface area contributed by atoms with Crippen LogP contribution >= 0.6 is 0 Å². The Kier molecular flexibility index (Phi) is 55.6. The first-order valence-corrected chi connectivity index (χ1v) is 28.9. The molecule has 0 saturated heterocycles. The summed E-state index contributed by atoms with van der Waals surface area (Å²) in [5, 5.41) is 0. The molecule has 1 atom stereocenters. The van der Waals surface area contributed by atoms with Crippen LogP contribution < -0.4 is 0 Å². The molecule has 0 heterocycles. The van der Waals surface area contributed by atoms with E-state index in [4.69, 9.17) is 14.2 Å². The summed E-state index contributed by atoms with van der Waals surface area (Å²) in [4.78, 5) is 38.2. The van der Waals surface area contributed by atoms with Crippen LogP contribution in [-0.2, 0) is 28.6 Å². The van der Waals surface area contributed by atoms with Crippen LogP contribution in [0.4, 0.5) is 0 Å². The first kappa shape index (κ1) is 68.5. The fraction of sp³-hybridized carbons (Fsp3) is 0.515. The standard InChI is InChI=1S/C68H102O6/c1-4-7-10-13-16-19-22-25-28-31-34-37-40-43-46-49-52-55-58-61-67(70)73-64-65(63-72-66(69)60-57-54-51-48-45-42-39-36-33-30-27-24-21-18-15-12-9-6-3)74-68(71)62-59-56-53-50-47-44-41-38-35-32-29-26-23-20-17-14-11-8-5-2/h7-8,10-12,15-21,24-30,33-39,43-44,46-47,65H,4-6,9,13-14,22-23,31-32,40-42,45,48-64H2,1-3H3/b10-7-,11-8-,15-12-,19-16-,20-17-,21-18-,27-24-,28-25-,29-26-,33-30-,37-34-,38-35-,39-36-,46-43-,47-44-. The van der Waals surface area contributed by atoms with Crippen molar-refractivity contribution in [1.82, 2.24) is 0 Å². The van der Waals surface area contributed by atoms with Gasteiger partial charge in [-0.2, -0.15) is 0 Å². The smallest absolute Gasteiger partial charge is 0.306 e. The Morgan fingerprint density at radius 1 is 0.297 bits per heavy atom. The fourth-order valence-electron chi connectivity index (χ4n) is 6.99. The molecule has 1 unspecified atom stereocenters. The zero-order valence-electron chi connectivity index (χ0n) is 46.8. The molecule has 0 aliphatic heterocycles. The fourth-order valence-corrected chi connectivity index (χ4v) is 6.99. The number of unbranched alkanes of at least 4 members (excludes halogenated alkanes) is 12. The lowest BCUT2D eigenvalue weighted by atomic mass is 10.1. The van der Waals surface area contributed by atoms with E-state index in [-0.39, 0.29) is 37.5 Å². The number of ether oxygens (including phenoxy) is 3. The summed E-state index contributed by atoms with van der Waals surface area (Å²) in [5.41, 5.74) is 0. The van der Waals surface area contributed by atoms with Gasteiger partial charge >= 0.3 is 17.9 Å². The van der Waals surface area contributed by atoms with Gasteiger partial charge in [0.05, 0.1) is 0 Å². The van der Waals surface area contributed by atoms with Gasteiger partial charge in [-0.15, -0.1) is 0 Å². The van der Waals surface area contributed by atoms with Crippen LogP contribution in [0.15, 0.2) is 182 Å². The molecule has 0 spiro atoms. The highest BCUT2D eigenvalue weighted by Crippen LogP contribution is 2.12. The number of carbonyl (C=O) groups excluding carboxylic acids is 3. The van der Waals surface area contributed by atoms with E-state index >= 15 is 0 Å². The molecule has 0 aliphatic carbocycles. The molecular formula is C68H102O6. The second kappa shape index (κ2) is 60.1. The molecule has 0 amide bonds. The van der Waals surface area contributed by atoms with Gasteiger partial charge in [0.1, 0.15) is 13.2 Å². The van der Waals surface area contributed by atoms with Crippen molar-refractivity contribution >= 4 is 17.9 Å². The Hall–Kier alpha value is -5.49. The first-order chi connectivity index (χ1) is 36.5. The van der Waals surface area contributed by atoms with Crippen LogP contribution in [0.5, 0.6) is 0 Å². The summed E-state index contributed by atoms with van der Waals surface area (Å²) in [5.74, 6) is -1.03. The van der Waals surface area contributed by atoms with Gasteiger partial charge < -0.3 is 14.2 Å². The average Bonchev–Trinajstić information content (AvgIpc) is 3.40. The molecule has 410 valence electrons. The largest absolute Gasteiger partial charge is 0.462 e. The molecule has 6 heteroatoms. The first-order valence-electron chi connectivity index (χ1n) is 28.9. The number of hydrogen-bond donors (Lipinski definition) is 0. The van der Waals surface area contributed by atoms with Crippen molar-refractivity contribution in [2.24, 2.45) is 0 Å². The van der Waals surface area contributed by atoms with Crippen molar-refractivity contribution in [2.75, 3.05) is 13.2 Å². The third kappa shape index (κ3) is 57.4. The molecular weight excluding hydrogens is 913 g/mol. The van der Waals surface area contributed by atoms with E-state index in [9.17, 15) is 14.4 Å². The number of rotatable bonds is 49. The summed E-state index contributed by atoms with van der Waals surface area (Å²) in [6.45, 7) is 6.22. The Morgan fingerprint density at radius 2 is 0.581 bits per heavy atom. The van der Waals surface area contributed by atoms with Crippen molar-refractivity contribution < 1.29 is 28.6 Å². The van der Waals surface area contributed by atoms with Gasteiger partial charge in [0, 0.05) is 19.3 Å². The molecule has 0 bridgehead atoms. The number of esters is 3. The van der Waals surface area contributed by atoms with Gasteiger partial charge in [0.15, 0.2) is 6.10 Å². The minimum atomic E-state index is -0.833. The minimum Gasteiger partial charge on any atom is -0.462 e. The van der Waals surface area contributed by atoms with E-state index in [1.165, 1.54) is 6.42 Å². The minimum absolute atomic E-state index is 0.126. The van der Waals surface area contributed by atoms with Crippen LogP contribution in [0.25, 0.3) is 0 Å². The monoisotopic (exact) mass is 1010 g/mol. The zero-order chi connectivity index (χ0) is 53.6. The second-order valence-electron chi connectivity index (χ2n) is 18.2. The van der Waals surface area contributed by atoms with E-state index in [1.807, 2.05) is 36.5 Å². The third-order valence-corrected chi connectivity index (χ3v) is 11.2. The molecule has 0 aromatic rings. The lowest BCUT2D eigenvalue weighted by Gasteiger charge is -2.18. The highest BCUT2D eigenvalue weighted by atomic mass is 16.6. The van der Waals surface area contributed by atoms with Crippen molar-refractivity contribution in [2.45, 2.75) is 213 Å². The van der Waals surface area contributed by atoms with E-state index in [2.05, 4.69) is 167 Å². The topological polar surface area (TPSA) is 78.9 Å². The molecule has 0 N–H and O–H groups in total. The van der Waals surface area contributed by atoms with Crippen molar-refractivity contribution in [3.63, 3.8) is 0 Å². The molecule has 0 aliphatic rings. The van der Waals surface area contributed by atoms with Crippen LogP contribution in [0.3, 0.4) is 0 Å². The van der Waals surface area contributed by atoms with Crippen molar-refractivity contribution in [1.29, 1.82) is 0 Å². The highest BCUT2D eigenvalue weighted by Gasteiger charge is 2.19. The summed E-state index contributed by atoms with van der Waals surface area (Å²) in [7, 11) is 0. The Morgan fingerprint density at radius 3 is 0.959 bits per heavy atom. The summed E-state index contributed by atoms with van der Waals surface area (Å²) >= 11 is 0. The molecule has 0 rings (SSSR count). The molecule has 0 saturated carbocycles. The van der Waals surface area contributed by atoms with E-state index in [1.54, 1.807) is 0 Å². The van der Waals surface area contributed by atoms with Crippen molar-refractivity contribution in [3.05, 3.63) is 182 Å². The molecule has 6 nitrogen and oxygen atoms in total. The summed E-state index contributed by atoms with van der Waals surface area (Å²) in [6, 6.07) is 0.